The van der Waals surface area contributed by atoms with E-state index in [1.165, 1.54) is 33.4 Å². The van der Waals surface area contributed by atoms with E-state index in [4.69, 9.17) is 0 Å². The third-order valence-electron chi connectivity index (χ3n) is 4.41. The van der Waals surface area contributed by atoms with Gasteiger partial charge in [-0.2, -0.15) is 0 Å². The van der Waals surface area contributed by atoms with E-state index < -0.39 is 0 Å². The summed E-state index contributed by atoms with van der Waals surface area (Å²) < 4.78 is 0. The summed E-state index contributed by atoms with van der Waals surface area (Å²) in [5.74, 6) is 0.632. The van der Waals surface area contributed by atoms with Crippen molar-refractivity contribution in [2.45, 2.75) is 34.1 Å². The largest absolute Gasteiger partial charge is 0.0626 e. The van der Waals surface area contributed by atoms with Crippen molar-refractivity contribution >= 4 is 6.08 Å². The molecule has 20 heavy (non-hydrogen) atoms. The molecular weight excluding hydrogens is 240 g/mol. The maximum absolute atomic E-state index is 2.42. The maximum Gasteiger partial charge on any atom is -0.00524 e. The van der Waals surface area contributed by atoms with Crippen molar-refractivity contribution in [3.63, 3.8) is 0 Å². The molecule has 1 aliphatic carbocycles. The first-order valence-corrected chi connectivity index (χ1v) is 7.46. The summed E-state index contributed by atoms with van der Waals surface area (Å²) in [6, 6.07) is 13.4. The first-order chi connectivity index (χ1) is 9.56. The van der Waals surface area contributed by atoms with Gasteiger partial charge in [-0.3, -0.25) is 0 Å². The van der Waals surface area contributed by atoms with Crippen LogP contribution in [-0.4, -0.2) is 0 Å². The third-order valence-corrected chi connectivity index (χ3v) is 4.41. The molecule has 0 radical (unpaired) electrons. The van der Waals surface area contributed by atoms with E-state index in [1.54, 1.807) is 5.57 Å². The van der Waals surface area contributed by atoms with Crippen molar-refractivity contribution in [2.24, 2.45) is 5.92 Å². The van der Waals surface area contributed by atoms with Crippen molar-refractivity contribution in [3.05, 3.63) is 64.2 Å². The third kappa shape index (κ3) is 2.20. The van der Waals surface area contributed by atoms with Crippen molar-refractivity contribution in [3.8, 4) is 11.1 Å². The Kier molecular flexibility index (Phi) is 3.25. The summed E-state index contributed by atoms with van der Waals surface area (Å²) in [7, 11) is 0. The fraction of sp³-hybridized carbons (Fsp3) is 0.300. The molecule has 0 saturated carbocycles. The fourth-order valence-corrected chi connectivity index (χ4v) is 2.97. The predicted molar refractivity (Wildman–Crippen MR) is 87.9 cm³/mol. The van der Waals surface area contributed by atoms with Crippen LogP contribution in [0.2, 0.25) is 0 Å². The number of aryl methyl sites for hydroxylation is 2. The van der Waals surface area contributed by atoms with Crippen LogP contribution in [0.5, 0.6) is 0 Å². The van der Waals surface area contributed by atoms with Crippen LogP contribution in [0.1, 0.15) is 36.1 Å². The Labute approximate surface area is 122 Å². The van der Waals surface area contributed by atoms with Crippen LogP contribution in [0.25, 0.3) is 17.2 Å². The van der Waals surface area contributed by atoms with E-state index in [1.807, 2.05) is 0 Å². The average molecular weight is 262 g/mol. The van der Waals surface area contributed by atoms with Gasteiger partial charge in [-0.15, -0.1) is 0 Å². The fourth-order valence-electron chi connectivity index (χ4n) is 2.97. The molecule has 0 aromatic heterocycles. The molecule has 0 unspecified atom stereocenters. The van der Waals surface area contributed by atoms with Gasteiger partial charge in [-0.05, 0) is 54.0 Å². The van der Waals surface area contributed by atoms with E-state index in [2.05, 4.69) is 70.2 Å². The smallest absolute Gasteiger partial charge is 0.00524 e. The second kappa shape index (κ2) is 4.94. The molecule has 0 saturated heterocycles. The molecule has 2 aromatic rings. The minimum atomic E-state index is 0.632. The number of benzene rings is 2. The molecule has 102 valence electrons. The standard InChI is InChI=1S/C20H22/c1-13(2)17-11-19-15(4)7-10-18(20(19)12-17)16-8-5-14(3)6-9-16/h5-10,12-13H,11H2,1-4H3. The Bertz CT molecular complexity index is 670. The van der Waals surface area contributed by atoms with E-state index >= 15 is 0 Å². The van der Waals surface area contributed by atoms with Gasteiger partial charge in [0, 0.05) is 0 Å². The minimum Gasteiger partial charge on any atom is -0.0626 e. The van der Waals surface area contributed by atoms with Crippen molar-refractivity contribution in [2.75, 3.05) is 0 Å². The summed E-state index contributed by atoms with van der Waals surface area (Å²) >= 11 is 0. The SMILES string of the molecule is Cc1ccc(-c2ccc(C)c3c2C=C(C(C)C)C3)cc1. The number of allylic oxidation sites excluding steroid dienone is 1. The zero-order valence-corrected chi connectivity index (χ0v) is 12.8. The highest BCUT2D eigenvalue weighted by Gasteiger charge is 2.20. The van der Waals surface area contributed by atoms with Gasteiger partial charge in [0.05, 0.1) is 0 Å². The molecular formula is C20H22. The molecule has 1 aliphatic rings. The van der Waals surface area contributed by atoms with Crippen LogP contribution < -0.4 is 0 Å². The maximum atomic E-state index is 2.42. The molecule has 0 spiro atoms. The van der Waals surface area contributed by atoms with Crippen LogP contribution >= 0.6 is 0 Å². The second-order valence-corrected chi connectivity index (χ2v) is 6.24. The van der Waals surface area contributed by atoms with Crippen LogP contribution in [0.4, 0.5) is 0 Å². The lowest BCUT2D eigenvalue weighted by Gasteiger charge is -2.11. The average Bonchev–Trinajstić information content (AvgIpc) is 2.87. The zero-order valence-electron chi connectivity index (χ0n) is 12.8. The molecule has 0 bridgehead atoms. The Balaban J connectivity index is 2.15. The van der Waals surface area contributed by atoms with Gasteiger partial charge in [0.15, 0.2) is 0 Å². The first kappa shape index (κ1) is 13.2. The van der Waals surface area contributed by atoms with Crippen molar-refractivity contribution < 1.29 is 0 Å². The Hall–Kier alpha value is -1.82. The molecule has 0 N–H and O–H groups in total. The summed E-state index contributed by atoms with van der Waals surface area (Å²) in [5, 5.41) is 0. The lowest BCUT2D eigenvalue weighted by atomic mass is 9.93. The molecule has 0 heterocycles. The quantitative estimate of drug-likeness (QED) is 0.664. The van der Waals surface area contributed by atoms with Gasteiger partial charge in [0.1, 0.15) is 0 Å². The highest BCUT2D eigenvalue weighted by Crippen LogP contribution is 2.37. The van der Waals surface area contributed by atoms with Gasteiger partial charge >= 0.3 is 0 Å². The number of rotatable bonds is 2. The first-order valence-electron chi connectivity index (χ1n) is 7.46. The highest BCUT2D eigenvalue weighted by molar-refractivity contribution is 5.81. The van der Waals surface area contributed by atoms with Crippen molar-refractivity contribution in [1.82, 2.24) is 0 Å². The van der Waals surface area contributed by atoms with Crippen LogP contribution in [0, 0.1) is 19.8 Å². The molecule has 0 amide bonds. The number of fused-ring (bicyclic) bond motifs is 1. The summed E-state index contributed by atoms with van der Waals surface area (Å²) in [5.41, 5.74) is 9.96. The van der Waals surface area contributed by atoms with Crippen molar-refractivity contribution in [1.29, 1.82) is 0 Å². The molecule has 0 fully saturated rings. The molecule has 2 aromatic carbocycles. The van der Waals surface area contributed by atoms with Gasteiger partial charge in [0.25, 0.3) is 0 Å². The van der Waals surface area contributed by atoms with Crippen LogP contribution in [0.3, 0.4) is 0 Å². The topological polar surface area (TPSA) is 0 Å². The lowest BCUT2D eigenvalue weighted by Crippen LogP contribution is -1.95. The van der Waals surface area contributed by atoms with E-state index in [0.717, 1.165) is 6.42 Å². The van der Waals surface area contributed by atoms with Gasteiger partial charge in [-0.1, -0.05) is 67.5 Å². The number of hydrogen-bond donors (Lipinski definition) is 0. The van der Waals surface area contributed by atoms with E-state index in [0.29, 0.717) is 5.92 Å². The molecule has 3 rings (SSSR count). The second-order valence-electron chi connectivity index (χ2n) is 6.24. The van der Waals surface area contributed by atoms with Crippen LogP contribution in [0.15, 0.2) is 42.0 Å². The minimum absolute atomic E-state index is 0.632. The summed E-state index contributed by atoms with van der Waals surface area (Å²) in [4.78, 5) is 0. The Morgan fingerprint density at radius 3 is 2.25 bits per heavy atom. The summed E-state index contributed by atoms with van der Waals surface area (Å²) in [6.07, 6.45) is 3.54. The van der Waals surface area contributed by atoms with Gasteiger partial charge in [-0.25, -0.2) is 0 Å². The predicted octanol–water partition coefficient (Wildman–Crippen LogP) is 5.57. The zero-order chi connectivity index (χ0) is 14.3. The molecule has 0 nitrogen and oxygen atoms in total. The van der Waals surface area contributed by atoms with Gasteiger partial charge in [0.2, 0.25) is 0 Å². The molecule has 0 aliphatic heterocycles. The monoisotopic (exact) mass is 262 g/mol. The van der Waals surface area contributed by atoms with Crippen LogP contribution in [-0.2, 0) is 6.42 Å². The Morgan fingerprint density at radius 1 is 0.900 bits per heavy atom. The summed E-state index contributed by atoms with van der Waals surface area (Å²) in [6.45, 7) is 8.95. The lowest BCUT2D eigenvalue weighted by molar-refractivity contribution is 0.754. The molecule has 0 atom stereocenters. The Morgan fingerprint density at radius 2 is 1.60 bits per heavy atom. The molecule has 0 heteroatoms. The van der Waals surface area contributed by atoms with E-state index in [9.17, 15) is 0 Å². The highest BCUT2D eigenvalue weighted by atomic mass is 14.2. The number of hydrogen-bond acceptors (Lipinski definition) is 0. The van der Waals surface area contributed by atoms with E-state index in [-0.39, 0.29) is 0 Å². The normalized spacial score (nSPS) is 13.6. The van der Waals surface area contributed by atoms with Gasteiger partial charge < -0.3 is 0 Å².